The Hall–Kier alpha value is -0.500. The van der Waals surface area contributed by atoms with Crippen molar-refractivity contribution in [1.29, 1.82) is 0 Å². The second-order valence-corrected chi connectivity index (χ2v) is 5.22. The molecule has 0 aromatic heterocycles. The van der Waals surface area contributed by atoms with E-state index in [1.165, 1.54) is 31.4 Å². The van der Waals surface area contributed by atoms with E-state index in [4.69, 9.17) is 0 Å². The summed E-state index contributed by atoms with van der Waals surface area (Å²) in [5.41, 5.74) is 1.21. The Bertz CT molecular complexity index is 299. The number of anilines is 1. The molecule has 1 nitrogen and oxygen atoms in total. The lowest BCUT2D eigenvalue weighted by Gasteiger charge is -2.16. The van der Waals surface area contributed by atoms with Gasteiger partial charge in [0.05, 0.1) is 0 Å². The zero-order valence-corrected chi connectivity index (χ0v) is 11.9. The Morgan fingerprint density at radius 2 is 2.12 bits per heavy atom. The summed E-state index contributed by atoms with van der Waals surface area (Å²) in [5, 5.41) is 3.52. The first-order chi connectivity index (χ1) is 7.76. The summed E-state index contributed by atoms with van der Waals surface area (Å²) in [4.78, 5) is 0. The maximum Gasteiger partial charge on any atom is 0.0351 e. The second-order valence-electron chi connectivity index (χ2n) is 4.31. The summed E-state index contributed by atoms with van der Waals surface area (Å²) in [6, 6.07) is 8.38. The minimum Gasteiger partial charge on any atom is -0.385 e. The van der Waals surface area contributed by atoms with Gasteiger partial charge in [-0.2, -0.15) is 0 Å². The lowest BCUT2D eigenvalue weighted by Crippen LogP contribution is -2.13. The number of hydrogen-bond donors (Lipinski definition) is 1. The van der Waals surface area contributed by atoms with Crippen molar-refractivity contribution in [3.05, 3.63) is 28.7 Å². The Morgan fingerprint density at radius 3 is 2.75 bits per heavy atom. The molecule has 0 saturated carbocycles. The van der Waals surface area contributed by atoms with Crippen LogP contribution in [-0.4, -0.2) is 6.54 Å². The highest BCUT2D eigenvalue weighted by atomic mass is 79.9. The zero-order valence-electron chi connectivity index (χ0n) is 10.3. The SMILES string of the molecule is CCCCC(CC)CNc1cccc(Br)c1. The molecule has 1 atom stereocenters. The summed E-state index contributed by atoms with van der Waals surface area (Å²) in [5.74, 6) is 0.805. The number of unbranched alkanes of at least 4 members (excludes halogenated alkanes) is 1. The van der Waals surface area contributed by atoms with Crippen LogP contribution in [0.5, 0.6) is 0 Å². The van der Waals surface area contributed by atoms with Crippen molar-refractivity contribution in [2.45, 2.75) is 39.5 Å². The molecule has 0 aliphatic rings. The van der Waals surface area contributed by atoms with Gasteiger partial charge in [0.15, 0.2) is 0 Å². The molecule has 0 heterocycles. The van der Waals surface area contributed by atoms with Crippen LogP contribution in [0.2, 0.25) is 0 Å². The van der Waals surface area contributed by atoms with Gasteiger partial charge in [0.25, 0.3) is 0 Å². The first-order valence-electron chi connectivity index (χ1n) is 6.25. The molecular formula is C14H22BrN. The van der Waals surface area contributed by atoms with Crippen molar-refractivity contribution in [3.8, 4) is 0 Å². The fourth-order valence-corrected chi connectivity index (χ4v) is 2.20. The molecule has 90 valence electrons. The highest BCUT2D eigenvalue weighted by molar-refractivity contribution is 9.10. The molecule has 0 fully saturated rings. The number of hydrogen-bond acceptors (Lipinski definition) is 1. The predicted octanol–water partition coefficient (Wildman–Crippen LogP) is 5.08. The summed E-state index contributed by atoms with van der Waals surface area (Å²) in [6.07, 6.45) is 5.25. The molecule has 1 aromatic rings. The number of nitrogens with one attached hydrogen (secondary N) is 1. The molecule has 1 unspecified atom stereocenters. The van der Waals surface area contributed by atoms with Gasteiger partial charge in [0.2, 0.25) is 0 Å². The maximum absolute atomic E-state index is 3.52. The summed E-state index contributed by atoms with van der Waals surface area (Å²) in [7, 11) is 0. The molecule has 16 heavy (non-hydrogen) atoms. The molecule has 1 rings (SSSR count). The van der Waals surface area contributed by atoms with Gasteiger partial charge >= 0.3 is 0 Å². The van der Waals surface area contributed by atoms with Gasteiger partial charge in [0, 0.05) is 16.7 Å². The fraction of sp³-hybridized carbons (Fsp3) is 0.571. The van der Waals surface area contributed by atoms with Gasteiger partial charge in [-0.15, -0.1) is 0 Å². The van der Waals surface area contributed by atoms with E-state index in [0.717, 1.165) is 16.9 Å². The number of halogens is 1. The third-order valence-electron chi connectivity index (χ3n) is 2.96. The first-order valence-corrected chi connectivity index (χ1v) is 7.05. The molecule has 1 aromatic carbocycles. The molecule has 1 N–H and O–H groups in total. The van der Waals surface area contributed by atoms with E-state index in [9.17, 15) is 0 Å². The largest absolute Gasteiger partial charge is 0.385 e. The van der Waals surface area contributed by atoms with Crippen LogP contribution >= 0.6 is 15.9 Å². The third-order valence-corrected chi connectivity index (χ3v) is 3.46. The molecule has 0 bridgehead atoms. The first kappa shape index (κ1) is 13.6. The number of rotatable bonds is 7. The molecular weight excluding hydrogens is 262 g/mol. The zero-order chi connectivity index (χ0) is 11.8. The van der Waals surface area contributed by atoms with E-state index in [1.54, 1.807) is 0 Å². The summed E-state index contributed by atoms with van der Waals surface area (Å²) < 4.78 is 1.14. The van der Waals surface area contributed by atoms with E-state index in [-0.39, 0.29) is 0 Å². The van der Waals surface area contributed by atoms with Crippen molar-refractivity contribution in [2.75, 3.05) is 11.9 Å². The smallest absolute Gasteiger partial charge is 0.0351 e. The highest BCUT2D eigenvalue weighted by Gasteiger charge is 2.05. The molecule has 0 aliphatic heterocycles. The summed E-state index contributed by atoms with van der Waals surface area (Å²) >= 11 is 3.49. The molecule has 0 saturated heterocycles. The third kappa shape index (κ3) is 5.02. The Labute approximate surface area is 108 Å². The second kappa shape index (κ2) is 7.72. The molecule has 0 amide bonds. The fourth-order valence-electron chi connectivity index (χ4n) is 1.80. The van der Waals surface area contributed by atoms with Crippen molar-refractivity contribution < 1.29 is 0 Å². The van der Waals surface area contributed by atoms with Crippen LogP contribution in [-0.2, 0) is 0 Å². The minimum atomic E-state index is 0.805. The van der Waals surface area contributed by atoms with E-state index >= 15 is 0 Å². The van der Waals surface area contributed by atoms with Gasteiger partial charge in [-0.25, -0.2) is 0 Å². The Kier molecular flexibility index (Phi) is 6.55. The van der Waals surface area contributed by atoms with E-state index in [0.29, 0.717) is 0 Å². The standard InChI is InChI=1S/C14H22BrN/c1-3-5-7-12(4-2)11-16-14-9-6-8-13(15)10-14/h6,8-10,12,16H,3-5,7,11H2,1-2H3. The lowest BCUT2D eigenvalue weighted by molar-refractivity contribution is 0.473. The molecule has 0 spiro atoms. The topological polar surface area (TPSA) is 12.0 Å². The van der Waals surface area contributed by atoms with Crippen LogP contribution in [0, 0.1) is 5.92 Å². The lowest BCUT2D eigenvalue weighted by atomic mass is 9.99. The minimum absolute atomic E-state index is 0.805. The monoisotopic (exact) mass is 283 g/mol. The quantitative estimate of drug-likeness (QED) is 0.736. The van der Waals surface area contributed by atoms with E-state index in [1.807, 2.05) is 0 Å². The van der Waals surface area contributed by atoms with Crippen LogP contribution in [0.1, 0.15) is 39.5 Å². The van der Waals surface area contributed by atoms with Gasteiger partial charge < -0.3 is 5.32 Å². The molecule has 2 heteroatoms. The van der Waals surface area contributed by atoms with E-state index < -0.39 is 0 Å². The molecule has 0 radical (unpaired) electrons. The van der Waals surface area contributed by atoms with Crippen molar-refractivity contribution in [3.63, 3.8) is 0 Å². The van der Waals surface area contributed by atoms with Crippen LogP contribution < -0.4 is 5.32 Å². The van der Waals surface area contributed by atoms with Crippen molar-refractivity contribution >= 4 is 21.6 Å². The average Bonchev–Trinajstić information content (AvgIpc) is 2.29. The predicted molar refractivity (Wildman–Crippen MR) is 75.9 cm³/mol. The van der Waals surface area contributed by atoms with Gasteiger partial charge in [0.1, 0.15) is 0 Å². The van der Waals surface area contributed by atoms with Gasteiger partial charge in [-0.1, -0.05) is 55.1 Å². The van der Waals surface area contributed by atoms with Crippen molar-refractivity contribution in [1.82, 2.24) is 0 Å². The number of benzene rings is 1. The van der Waals surface area contributed by atoms with Gasteiger partial charge in [-0.3, -0.25) is 0 Å². The highest BCUT2D eigenvalue weighted by Crippen LogP contribution is 2.18. The summed E-state index contributed by atoms with van der Waals surface area (Å²) in [6.45, 7) is 5.63. The van der Waals surface area contributed by atoms with Crippen LogP contribution in [0.25, 0.3) is 0 Å². The Balaban J connectivity index is 2.37. The average molecular weight is 284 g/mol. The van der Waals surface area contributed by atoms with Crippen LogP contribution in [0.15, 0.2) is 28.7 Å². The maximum atomic E-state index is 3.52. The van der Waals surface area contributed by atoms with E-state index in [2.05, 4.69) is 59.4 Å². The van der Waals surface area contributed by atoms with Crippen molar-refractivity contribution in [2.24, 2.45) is 5.92 Å². The normalized spacial score (nSPS) is 12.4. The molecule has 0 aliphatic carbocycles. The van der Waals surface area contributed by atoms with Crippen LogP contribution in [0.3, 0.4) is 0 Å². The van der Waals surface area contributed by atoms with Crippen LogP contribution in [0.4, 0.5) is 5.69 Å². The van der Waals surface area contributed by atoms with Gasteiger partial charge in [-0.05, 0) is 30.5 Å². The Morgan fingerprint density at radius 1 is 1.31 bits per heavy atom.